The number of rotatable bonds is 5. The summed E-state index contributed by atoms with van der Waals surface area (Å²) in [6, 6.07) is 8.47. The van der Waals surface area contributed by atoms with Crippen molar-refractivity contribution in [1.82, 2.24) is 4.31 Å². The molecule has 5 nitrogen and oxygen atoms in total. The van der Waals surface area contributed by atoms with Gasteiger partial charge in [-0.2, -0.15) is 9.57 Å². The summed E-state index contributed by atoms with van der Waals surface area (Å²) in [6.07, 6.45) is 0. The number of sulfonamides is 1. The molecular weight excluding hydrogens is 264 g/mol. The highest BCUT2D eigenvalue weighted by molar-refractivity contribution is 7.88. The second kappa shape index (κ2) is 5.70. The Morgan fingerprint density at radius 3 is 2.58 bits per heavy atom. The van der Waals surface area contributed by atoms with Gasteiger partial charge in [0.05, 0.1) is 29.5 Å². The van der Waals surface area contributed by atoms with Crippen LogP contribution in [0.15, 0.2) is 24.3 Å². The zero-order valence-electron chi connectivity index (χ0n) is 11.3. The lowest BCUT2D eigenvalue weighted by atomic mass is 10.1. The summed E-state index contributed by atoms with van der Waals surface area (Å²) < 4.78 is 25.6. The molecule has 104 valence electrons. The third-order valence-electron chi connectivity index (χ3n) is 3.06. The average Bonchev–Trinajstić information content (AvgIpc) is 2.37. The molecule has 1 aromatic rings. The van der Waals surface area contributed by atoms with Gasteiger partial charge in [0.1, 0.15) is 0 Å². The highest BCUT2D eigenvalue weighted by atomic mass is 32.2. The number of aliphatic hydroxyl groups excluding tert-OH is 1. The Bertz CT molecular complexity index is 588. The number of aliphatic hydroxyl groups is 1. The minimum Gasteiger partial charge on any atom is -0.394 e. The molecule has 0 aliphatic carbocycles. The molecule has 6 heteroatoms. The van der Waals surface area contributed by atoms with Crippen molar-refractivity contribution >= 4 is 10.0 Å². The zero-order chi connectivity index (χ0) is 14.7. The largest absolute Gasteiger partial charge is 0.394 e. The first kappa shape index (κ1) is 15.6. The van der Waals surface area contributed by atoms with E-state index >= 15 is 0 Å². The van der Waals surface area contributed by atoms with E-state index in [1.807, 2.05) is 6.07 Å². The van der Waals surface area contributed by atoms with E-state index in [1.54, 1.807) is 38.1 Å². The molecule has 0 saturated heterocycles. The van der Waals surface area contributed by atoms with Crippen molar-refractivity contribution in [2.45, 2.75) is 25.1 Å². The van der Waals surface area contributed by atoms with E-state index in [0.717, 1.165) is 0 Å². The Morgan fingerprint density at radius 1 is 1.42 bits per heavy atom. The van der Waals surface area contributed by atoms with E-state index in [4.69, 9.17) is 5.26 Å². The van der Waals surface area contributed by atoms with Crippen molar-refractivity contribution in [2.24, 2.45) is 0 Å². The first-order chi connectivity index (χ1) is 8.73. The van der Waals surface area contributed by atoms with Crippen molar-refractivity contribution in [3.05, 3.63) is 35.4 Å². The quantitative estimate of drug-likeness (QED) is 0.876. The normalized spacial score (nSPS) is 12.4. The first-order valence-corrected chi connectivity index (χ1v) is 7.40. The van der Waals surface area contributed by atoms with Gasteiger partial charge >= 0.3 is 0 Å². The molecule has 1 rings (SSSR count). The van der Waals surface area contributed by atoms with Crippen LogP contribution in [0.4, 0.5) is 0 Å². The maximum atomic E-state index is 12.2. The summed E-state index contributed by atoms with van der Waals surface area (Å²) in [4.78, 5) is 0. The van der Waals surface area contributed by atoms with Crippen molar-refractivity contribution in [2.75, 3.05) is 13.7 Å². The maximum Gasteiger partial charge on any atom is 0.218 e. The predicted molar refractivity (Wildman–Crippen MR) is 72.7 cm³/mol. The van der Waals surface area contributed by atoms with Crippen LogP contribution in [0.3, 0.4) is 0 Å². The molecule has 0 bridgehead atoms. The number of nitrogens with zero attached hydrogens (tertiary/aromatic N) is 2. The van der Waals surface area contributed by atoms with E-state index in [0.29, 0.717) is 11.1 Å². The van der Waals surface area contributed by atoms with Crippen LogP contribution in [0, 0.1) is 11.3 Å². The van der Waals surface area contributed by atoms with Crippen molar-refractivity contribution in [3.63, 3.8) is 0 Å². The first-order valence-electron chi connectivity index (χ1n) is 5.79. The number of benzene rings is 1. The van der Waals surface area contributed by atoms with Gasteiger partial charge in [0.15, 0.2) is 0 Å². The average molecular weight is 282 g/mol. The highest BCUT2D eigenvalue weighted by Crippen LogP contribution is 2.19. The second-order valence-corrected chi connectivity index (χ2v) is 7.01. The predicted octanol–water partition coefficient (Wildman–Crippen LogP) is 1.09. The molecule has 0 radical (unpaired) electrons. The molecule has 0 atom stereocenters. The van der Waals surface area contributed by atoms with Gasteiger partial charge in [-0.3, -0.25) is 0 Å². The molecule has 0 aliphatic heterocycles. The van der Waals surface area contributed by atoms with Gasteiger partial charge < -0.3 is 5.11 Å². The third kappa shape index (κ3) is 3.77. The Balaban J connectivity index is 3.00. The second-order valence-electron chi connectivity index (χ2n) is 5.01. The topological polar surface area (TPSA) is 81.4 Å². The molecule has 1 aromatic carbocycles. The molecule has 0 fully saturated rings. The fourth-order valence-corrected chi connectivity index (χ4v) is 3.12. The lowest BCUT2D eigenvalue weighted by molar-refractivity contribution is 0.138. The fraction of sp³-hybridized carbons (Fsp3) is 0.462. The summed E-state index contributed by atoms with van der Waals surface area (Å²) in [7, 11) is -2.10. The molecule has 0 spiro atoms. The van der Waals surface area contributed by atoms with Gasteiger partial charge in [-0.25, -0.2) is 8.42 Å². The van der Waals surface area contributed by atoms with Gasteiger partial charge in [0, 0.05) is 7.05 Å². The minimum atomic E-state index is -3.54. The number of likely N-dealkylation sites (N-methyl/N-ethyl adjacent to an activating group) is 1. The summed E-state index contributed by atoms with van der Waals surface area (Å²) in [5, 5.41) is 18.0. The Labute approximate surface area is 114 Å². The van der Waals surface area contributed by atoms with Crippen LogP contribution in [0.2, 0.25) is 0 Å². The molecule has 19 heavy (non-hydrogen) atoms. The molecular formula is C13H18N2O3S. The van der Waals surface area contributed by atoms with Crippen molar-refractivity contribution < 1.29 is 13.5 Å². The van der Waals surface area contributed by atoms with E-state index < -0.39 is 15.6 Å². The number of nitriles is 1. The standard InChI is InChI=1S/C13H18N2O3S/c1-13(2,10-16)15(3)19(17,18)9-12-6-4-5-11(7-12)8-14/h4-7,16H,9-10H2,1-3H3. The van der Waals surface area contributed by atoms with Crippen LogP contribution in [-0.4, -0.2) is 37.0 Å². The van der Waals surface area contributed by atoms with Crippen molar-refractivity contribution in [1.29, 1.82) is 5.26 Å². The fourth-order valence-electron chi connectivity index (χ4n) is 1.51. The van der Waals surface area contributed by atoms with Gasteiger partial charge in [0.2, 0.25) is 10.0 Å². The Morgan fingerprint density at radius 2 is 2.05 bits per heavy atom. The van der Waals surface area contributed by atoms with Crippen molar-refractivity contribution in [3.8, 4) is 6.07 Å². The Kier molecular flexibility index (Phi) is 4.69. The number of hydrogen-bond donors (Lipinski definition) is 1. The highest BCUT2D eigenvalue weighted by Gasteiger charge is 2.32. The maximum absolute atomic E-state index is 12.2. The smallest absolute Gasteiger partial charge is 0.218 e. The SMILES string of the molecule is CN(C(C)(C)CO)S(=O)(=O)Cc1cccc(C#N)c1. The minimum absolute atomic E-state index is 0.192. The lowest BCUT2D eigenvalue weighted by Crippen LogP contribution is -2.47. The zero-order valence-corrected chi connectivity index (χ0v) is 12.1. The third-order valence-corrected chi connectivity index (χ3v) is 5.09. The van der Waals surface area contributed by atoms with E-state index in [1.165, 1.54) is 11.4 Å². The molecule has 0 aliphatic rings. The number of hydrogen-bond acceptors (Lipinski definition) is 4. The molecule has 0 heterocycles. The lowest BCUT2D eigenvalue weighted by Gasteiger charge is -2.32. The molecule has 0 unspecified atom stereocenters. The van der Waals surface area contributed by atoms with Gasteiger partial charge in [-0.1, -0.05) is 12.1 Å². The van der Waals surface area contributed by atoms with Crippen LogP contribution in [0.1, 0.15) is 25.0 Å². The molecule has 0 amide bonds. The Hall–Kier alpha value is -1.42. The van der Waals surface area contributed by atoms with Crippen LogP contribution >= 0.6 is 0 Å². The van der Waals surface area contributed by atoms with Crippen LogP contribution < -0.4 is 0 Å². The van der Waals surface area contributed by atoms with E-state index in [2.05, 4.69) is 0 Å². The van der Waals surface area contributed by atoms with Crippen LogP contribution in [0.25, 0.3) is 0 Å². The van der Waals surface area contributed by atoms with E-state index in [9.17, 15) is 13.5 Å². The van der Waals surface area contributed by atoms with Gasteiger partial charge in [-0.05, 0) is 31.5 Å². The molecule has 1 N–H and O–H groups in total. The summed E-state index contributed by atoms with van der Waals surface area (Å²) >= 11 is 0. The van der Waals surface area contributed by atoms with Crippen LogP contribution in [-0.2, 0) is 15.8 Å². The molecule has 0 aromatic heterocycles. The molecule has 0 saturated carbocycles. The summed E-state index contributed by atoms with van der Waals surface area (Å²) in [5.74, 6) is -0.192. The van der Waals surface area contributed by atoms with Gasteiger partial charge in [0.25, 0.3) is 0 Å². The van der Waals surface area contributed by atoms with Gasteiger partial charge in [-0.15, -0.1) is 0 Å². The van der Waals surface area contributed by atoms with Crippen LogP contribution in [0.5, 0.6) is 0 Å². The summed E-state index contributed by atoms with van der Waals surface area (Å²) in [5.41, 5.74) is 0.127. The van der Waals surface area contributed by atoms with E-state index in [-0.39, 0.29) is 12.4 Å². The monoisotopic (exact) mass is 282 g/mol. The summed E-state index contributed by atoms with van der Waals surface area (Å²) in [6.45, 7) is 3.04.